The fourth-order valence-corrected chi connectivity index (χ4v) is 5.44. The minimum Gasteiger partial charge on any atom is -0.477 e. The van der Waals surface area contributed by atoms with Gasteiger partial charge in [-0.25, -0.2) is 32.9 Å². The first-order valence-corrected chi connectivity index (χ1v) is 14.0. The van der Waals surface area contributed by atoms with Crippen molar-refractivity contribution >= 4 is 17.0 Å². The van der Waals surface area contributed by atoms with E-state index in [-0.39, 0.29) is 64.0 Å². The number of halogens is 3. The lowest BCUT2D eigenvalue weighted by atomic mass is 9.87. The van der Waals surface area contributed by atoms with E-state index in [1.54, 1.807) is 6.07 Å². The number of carboxylic acid groups (broad SMARTS) is 1. The molecule has 1 aliphatic rings. The molecule has 3 aromatic heterocycles. The van der Waals surface area contributed by atoms with Crippen LogP contribution in [-0.4, -0.2) is 43.8 Å². The average Bonchev–Trinajstić information content (AvgIpc) is 3.55. The van der Waals surface area contributed by atoms with E-state index in [1.165, 1.54) is 36.5 Å². The van der Waals surface area contributed by atoms with Crippen LogP contribution in [0.4, 0.5) is 13.2 Å². The quantitative estimate of drug-likeness (QED) is 0.218. The van der Waals surface area contributed by atoms with Gasteiger partial charge in [-0.15, -0.1) is 0 Å². The van der Waals surface area contributed by atoms with Gasteiger partial charge in [0.25, 0.3) is 0 Å². The molecule has 1 saturated heterocycles. The molecule has 12 heteroatoms. The van der Waals surface area contributed by atoms with Gasteiger partial charge in [0.2, 0.25) is 5.88 Å². The van der Waals surface area contributed by atoms with Crippen molar-refractivity contribution in [1.29, 1.82) is 5.26 Å². The first-order valence-electron chi connectivity index (χ1n) is 14.0. The molecule has 0 amide bonds. The maximum Gasteiger partial charge on any atom is 0.354 e. The van der Waals surface area contributed by atoms with E-state index in [2.05, 4.69) is 15.0 Å². The highest BCUT2D eigenvalue weighted by Crippen LogP contribution is 2.40. The van der Waals surface area contributed by atoms with Gasteiger partial charge >= 0.3 is 5.97 Å². The number of hydrogen-bond donors (Lipinski definition) is 1. The molecule has 228 valence electrons. The van der Waals surface area contributed by atoms with E-state index in [1.807, 2.05) is 24.5 Å². The molecule has 1 atom stereocenters. The zero-order valence-corrected chi connectivity index (χ0v) is 24.2. The summed E-state index contributed by atoms with van der Waals surface area (Å²) in [5, 5.41) is 18.4. The summed E-state index contributed by atoms with van der Waals surface area (Å²) in [5.74, 6) is -2.73. The molecular weight excluding hydrogens is 587 g/mol. The van der Waals surface area contributed by atoms with Crippen LogP contribution in [0.2, 0.25) is 0 Å². The SMILES string of the molecule is CC1(C)COC[C@H]1n1c(Cc2cc(F)c(-c3cccc(OCc4ccc(C#N)cc4F)n3)cc2F)nc2cnc(C(=O)O)cc21. The van der Waals surface area contributed by atoms with Crippen molar-refractivity contribution < 1.29 is 32.5 Å². The zero-order chi connectivity index (χ0) is 31.9. The van der Waals surface area contributed by atoms with Crippen LogP contribution in [0, 0.1) is 34.2 Å². The minimum absolute atomic E-state index is 0.0413. The number of ether oxygens (including phenoxy) is 2. The van der Waals surface area contributed by atoms with Crippen LogP contribution in [0.25, 0.3) is 22.3 Å². The van der Waals surface area contributed by atoms with Crippen LogP contribution >= 0.6 is 0 Å². The molecule has 1 N–H and O–H groups in total. The van der Waals surface area contributed by atoms with Crippen molar-refractivity contribution in [2.75, 3.05) is 13.2 Å². The summed E-state index contributed by atoms with van der Waals surface area (Å²) in [4.78, 5) is 24.5. The van der Waals surface area contributed by atoms with Gasteiger partial charge in [-0.3, -0.25) is 0 Å². The third-order valence-electron chi connectivity index (χ3n) is 7.87. The topological polar surface area (TPSA) is 123 Å². The predicted molar refractivity (Wildman–Crippen MR) is 156 cm³/mol. The van der Waals surface area contributed by atoms with Gasteiger partial charge in [-0.1, -0.05) is 26.0 Å². The molecule has 4 heterocycles. The third-order valence-corrected chi connectivity index (χ3v) is 7.87. The van der Waals surface area contributed by atoms with Crippen LogP contribution in [0.1, 0.15) is 52.9 Å². The minimum atomic E-state index is -1.19. The third kappa shape index (κ3) is 5.82. The maximum absolute atomic E-state index is 15.6. The molecule has 0 radical (unpaired) electrons. The first-order chi connectivity index (χ1) is 21.5. The van der Waals surface area contributed by atoms with E-state index in [4.69, 9.17) is 14.7 Å². The Morgan fingerprint density at radius 2 is 1.89 bits per heavy atom. The van der Waals surface area contributed by atoms with E-state index < -0.39 is 23.4 Å². The Balaban J connectivity index is 1.30. The van der Waals surface area contributed by atoms with Crippen molar-refractivity contribution in [1.82, 2.24) is 19.5 Å². The van der Waals surface area contributed by atoms with Gasteiger partial charge in [0, 0.05) is 29.0 Å². The molecule has 0 saturated carbocycles. The lowest BCUT2D eigenvalue weighted by molar-refractivity contribution is 0.0690. The number of aromatic nitrogens is 4. The van der Waals surface area contributed by atoms with Crippen molar-refractivity contribution in [3.63, 3.8) is 0 Å². The molecule has 5 aromatic rings. The molecule has 1 aliphatic heterocycles. The van der Waals surface area contributed by atoms with Gasteiger partial charge in [0.1, 0.15) is 41.1 Å². The Labute approximate surface area is 255 Å². The van der Waals surface area contributed by atoms with E-state index >= 15 is 8.78 Å². The first kappa shape index (κ1) is 29.8. The molecule has 0 unspecified atom stereocenters. The van der Waals surface area contributed by atoms with Crippen LogP contribution < -0.4 is 4.74 Å². The van der Waals surface area contributed by atoms with Crippen LogP contribution in [0.3, 0.4) is 0 Å². The molecule has 1 fully saturated rings. The van der Waals surface area contributed by atoms with Crippen molar-refractivity contribution in [2.45, 2.75) is 32.9 Å². The summed E-state index contributed by atoms with van der Waals surface area (Å²) < 4.78 is 58.6. The lowest BCUT2D eigenvalue weighted by Crippen LogP contribution is -2.27. The summed E-state index contributed by atoms with van der Waals surface area (Å²) >= 11 is 0. The van der Waals surface area contributed by atoms with Crippen LogP contribution in [-0.2, 0) is 17.8 Å². The summed E-state index contributed by atoms with van der Waals surface area (Å²) in [5.41, 5.74) is 0.881. The predicted octanol–water partition coefficient (Wildman–Crippen LogP) is 6.25. The van der Waals surface area contributed by atoms with Crippen LogP contribution in [0.5, 0.6) is 5.88 Å². The second kappa shape index (κ2) is 11.7. The molecular formula is C33H26F3N5O4. The Morgan fingerprint density at radius 1 is 1.09 bits per heavy atom. The number of aromatic carboxylic acids is 1. The number of carboxylic acids is 1. The molecule has 2 aromatic carbocycles. The molecule has 45 heavy (non-hydrogen) atoms. The van der Waals surface area contributed by atoms with Crippen molar-refractivity contribution in [3.05, 3.63) is 106 Å². The maximum atomic E-state index is 15.6. The second-order valence-corrected chi connectivity index (χ2v) is 11.4. The monoisotopic (exact) mass is 613 g/mol. The largest absolute Gasteiger partial charge is 0.477 e. The number of rotatable bonds is 8. The van der Waals surface area contributed by atoms with E-state index in [9.17, 15) is 14.3 Å². The number of benzene rings is 2. The van der Waals surface area contributed by atoms with Gasteiger partial charge in [-0.05, 0) is 42.0 Å². The fraction of sp³-hybridized carbons (Fsp3) is 0.242. The normalized spacial score (nSPS) is 15.7. The molecule has 0 spiro atoms. The Kier molecular flexibility index (Phi) is 7.72. The summed E-state index contributed by atoms with van der Waals surface area (Å²) in [6, 6.07) is 13.8. The highest BCUT2D eigenvalue weighted by Gasteiger charge is 2.39. The highest BCUT2D eigenvalue weighted by atomic mass is 19.1. The van der Waals surface area contributed by atoms with Gasteiger partial charge in [0.15, 0.2) is 0 Å². The Morgan fingerprint density at radius 3 is 2.60 bits per heavy atom. The smallest absolute Gasteiger partial charge is 0.354 e. The van der Waals surface area contributed by atoms with Crippen LogP contribution in [0.15, 0.2) is 60.8 Å². The van der Waals surface area contributed by atoms with E-state index in [0.717, 1.165) is 18.2 Å². The number of hydrogen-bond acceptors (Lipinski definition) is 7. The Hall–Kier alpha value is -5.28. The van der Waals surface area contributed by atoms with Crippen molar-refractivity contribution in [2.24, 2.45) is 5.41 Å². The van der Waals surface area contributed by atoms with Gasteiger partial charge in [0.05, 0.1) is 48.3 Å². The standard InChI is InChI=1S/C33H26F3N5O4/c1-33(2)17-44-16-29(33)41-28-12-26(32(42)43)38-14-27(28)39-30(41)10-20-9-24(36)21(11-23(20)35)25-4-3-5-31(40-25)45-15-19-7-6-18(13-37)8-22(19)34/h3-9,11-12,14,29H,10,15-17H2,1-2H3,(H,42,43)/t29-/m1/s1. The molecule has 0 aliphatic carbocycles. The van der Waals surface area contributed by atoms with Gasteiger partial charge in [-0.2, -0.15) is 5.26 Å². The zero-order valence-electron chi connectivity index (χ0n) is 24.2. The number of carbonyl (C=O) groups is 1. The summed E-state index contributed by atoms with van der Waals surface area (Å²) in [6.45, 7) is 4.65. The molecule has 0 bridgehead atoms. The Bertz CT molecular complexity index is 2000. The average molecular weight is 614 g/mol. The lowest BCUT2D eigenvalue weighted by Gasteiger charge is -2.28. The number of nitriles is 1. The van der Waals surface area contributed by atoms with Gasteiger partial charge < -0.3 is 19.1 Å². The summed E-state index contributed by atoms with van der Waals surface area (Å²) in [6.07, 6.45) is 1.28. The summed E-state index contributed by atoms with van der Waals surface area (Å²) in [7, 11) is 0. The molecule has 9 nitrogen and oxygen atoms in total. The number of nitrogens with zero attached hydrogens (tertiary/aromatic N) is 5. The second-order valence-electron chi connectivity index (χ2n) is 11.4. The van der Waals surface area contributed by atoms with E-state index in [0.29, 0.717) is 30.1 Å². The molecule has 6 rings (SSSR count). The fourth-order valence-electron chi connectivity index (χ4n) is 5.44. The van der Waals surface area contributed by atoms with Crippen molar-refractivity contribution in [3.8, 4) is 23.2 Å². The number of fused-ring (bicyclic) bond motifs is 1. The number of imidazole rings is 1. The number of pyridine rings is 2. The highest BCUT2D eigenvalue weighted by molar-refractivity contribution is 5.90.